The van der Waals surface area contributed by atoms with Crippen molar-refractivity contribution in [3.8, 4) is 0 Å². The molecule has 1 aliphatic heterocycles. The van der Waals surface area contributed by atoms with Crippen molar-refractivity contribution in [2.75, 3.05) is 19.7 Å². The molecule has 96 valence electrons. The van der Waals surface area contributed by atoms with Crippen LogP contribution in [0.3, 0.4) is 0 Å². The SMILES string of the molecule is O=C(c1ccc([N+](=O)[O-])cc1F)N1CC(CO)C1. The van der Waals surface area contributed by atoms with Crippen LogP contribution in [-0.4, -0.2) is 40.5 Å². The van der Waals surface area contributed by atoms with Gasteiger partial charge in [-0.25, -0.2) is 4.39 Å². The van der Waals surface area contributed by atoms with E-state index in [1.165, 1.54) is 4.90 Å². The molecule has 6 nitrogen and oxygen atoms in total. The highest BCUT2D eigenvalue weighted by Gasteiger charge is 2.32. The molecule has 1 N–H and O–H groups in total. The van der Waals surface area contributed by atoms with Gasteiger partial charge in [0.15, 0.2) is 0 Å². The number of non-ortho nitro benzene ring substituents is 1. The number of nitro benzene ring substituents is 1. The lowest BCUT2D eigenvalue weighted by Gasteiger charge is -2.38. The first-order valence-electron chi connectivity index (χ1n) is 5.37. The summed E-state index contributed by atoms with van der Waals surface area (Å²) in [7, 11) is 0. The summed E-state index contributed by atoms with van der Waals surface area (Å²) in [5.74, 6) is -1.37. The van der Waals surface area contributed by atoms with Crippen LogP contribution in [-0.2, 0) is 0 Å². The predicted octanol–water partition coefficient (Wildman–Crippen LogP) is 0.798. The van der Waals surface area contributed by atoms with Crippen molar-refractivity contribution in [1.82, 2.24) is 4.90 Å². The van der Waals surface area contributed by atoms with Crippen LogP contribution in [0.25, 0.3) is 0 Å². The number of halogens is 1. The van der Waals surface area contributed by atoms with Crippen molar-refractivity contribution < 1.29 is 19.2 Å². The third-order valence-electron chi connectivity index (χ3n) is 2.90. The average molecular weight is 254 g/mol. The highest BCUT2D eigenvalue weighted by molar-refractivity contribution is 5.95. The van der Waals surface area contributed by atoms with E-state index in [0.717, 1.165) is 18.2 Å². The molecule has 0 saturated carbocycles. The Morgan fingerprint density at radius 2 is 2.22 bits per heavy atom. The Bertz CT molecular complexity index is 500. The van der Waals surface area contributed by atoms with Crippen LogP contribution >= 0.6 is 0 Å². The van der Waals surface area contributed by atoms with Crippen molar-refractivity contribution >= 4 is 11.6 Å². The maximum Gasteiger partial charge on any atom is 0.272 e. The highest BCUT2D eigenvalue weighted by Crippen LogP contribution is 2.22. The zero-order chi connectivity index (χ0) is 13.3. The van der Waals surface area contributed by atoms with Crippen LogP contribution in [0.4, 0.5) is 10.1 Å². The normalized spacial score (nSPS) is 15.3. The Morgan fingerprint density at radius 3 is 2.72 bits per heavy atom. The van der Waals surface area contributed by atoms with E-state index in [1.807, 2.05) is 0 Å². The summed E-state index contributed by atoms with van der Waals surface area (Å²) < 4.78 is 13.6. The van der Waals surface area contributed by atoms with Gasteiger partial charge in [-0.15, -0.1) is 0 Å². The topological polar surface area (TPSA) is 83.7 Å². The third kappa shape index (κ3) is 2.17. The molecule has 18 heavy (non-hydrogen) atoms. The smallest absolute Gasteiger partial charge is 0.272 e. The third-order valence-corrected chi connectivity index (χ3v) is 2.90. The monoisotopic (exact) mass is 254 g/mol. The standard InChI is InChI=1S/C11H11FN2O4/c12-10-3-8(14(17)18)1-2-9(10)11(16)13-4-7(5-13)6-15/h1-3,7,15H,4-6H2. The second kappa shape index (κ2) is 4.69. The van der Waals surface area contributed by atoms with Gasteiger partial charge >= 0.3 is 0 Å². The number of rotatable bonds is 3. The van der Waals surface area contributed by atoms with E-state index < -0.39 is 16.6 Å². The molecule has 0 spiro atoms. The number of carbonyl (C=O) groups is 1. The molecule has 1 aliphatic rings. The van der Waals surface area contributed by atoms with Crippen LogP contribution in [0.2, 0.25) is 0 Å². The van der Waals surface area contributed by atoms with Gasteiger partial charge < -0.3 is 10.0 Å². The van der Waals surface area contributed by atoms with Crippen LogP contribution < -0.4 is 0 Å². The number of aliphatic hydroxyl groups is 1. The largest absolute Gasteiger partial charge is 0.396 e. The lowest BCUT2D eigenvalue weighted by Crippen LogP contribution is -2.51. The molecule has 0 bridgehead atoms. The maximum absolute atomic E-state index is 13.6. The summed E-state index contributed by atoms with van der Waals surface area (Å²) in [4.78, 5) is 22.9. The molecule has 0 aliphatic carbocycles. The molecule has 2 rings (SSSR count). The van der Waals surface area contributed by atoms with Gasteiger partial charge in [-0.3, -0.25) is 14.9 Å². The number of aliphatic hydroxyl groups excluding tert-OH is 1. The highest BCUT2D eigenvalue weighted by atomic mass is 19.1. The van der Waals surface area contributed by atoms with E-state index in [1.54, 1.807) is 0 Å². The van der Waals surface area contributed by atoms with Crippen LogP contribution in [0.15, 0.2) is 18.2 Å². The fourth-order valence-corrected chi connectivity index (χ4v) is 1.81. The number of hydrogen-bond acceptors (Lipinski definition) is 4. The summed E-state index contributed by atoms with van der Waals surface area (Å²) in [6, 6.07) is 2.94. The molecule has 1 fully saturated rings. The molecule has 0 atom stereocenters. The molecule has 7 heteroatoms. The molecule has 1 saturated heterocycles. The second-order valence-electron chi connectivity index (χ2n) is 4.18. The minimum absolute atomic E-state index is 0.00742. The van der Waals surface area contributed by atoms with Gasteiger partial charge in [0.05, 0.1) is 16.6 Å². The Labute approximate surface area is 102 Å². The minimum atomic E-state index is -0.901. The number of carbonyl (C=O) groups excluding carboxylic acids is 1. The van der Waals surface area contributed by atoms with E-state index in [0.29, 0.717) is 13.1 Å². The van der Waals surface area contributed by atoms with Gasteiger partial charge in [-0.1, -0.05) is 0 Å². The number of nitro groups is 1. The zero-order valence-electron chi connectivity index (χ0n) is 9.38. The molecule has 0 radical (unpaired) electrons. The molecule has 1 aromatic rings. The predicted molar refractivity (Wildman–Crippen MR) is 59.5 cm³/mol. The van der Waals surface area contributed by atoms with E-state index >= 15 is 0 Å². The Hall–Kier alpha value is -2.02. The van der Waals surface area contributed by atoms with Gasteiger partial charge in [-0.2, -0.15) is 0 Å². The molecule has 1 heterocycles. The molecular formula is C11H11FN2O4. The summed E-state index contributed by atoms with van der Waals surface area (Å²) in [5.41, 5.74) is -0.571. The lowest BCUT2D eigenvalue weighted by molar-refractivity contribution is -0.385. The van der Waals surface area contributed by atoms with Gasteiger partial charge in [-0.05, 0) is 6.07 Å². The van der Waals surface area contributed by atoms with Crippen LogP contribution in [0.5, 0.6) is 0 Å². The van der Waals surface area contributed by atoms with Crippen molar-refractivity contribution in [3.63, 3.8) is 0 Å². The quantitative estimate of drug-likeness (QED) is 0.638. The minimum Gasteiger partial charge on any atom is -0.396 e. The molecular weight excluding hydrogens is 243 g/mol. The first kappa shape index (κ1) is 12.4. The Morgan fingerprint density at radius 1 is 1.56 bits per heavy atom. The van der Waals surface area contributed by atoms with Crippen LogP contribution in [0, 0.1) is 21.8 Å². The summed E-state index contributed by atoms with van der Waals surface area (Å²) in [5, 5.41) is 19.3. The van der Waals surface area contributed by atoms with Gasteiger partial charge in [0.2, 0.25) is 0 Å². The summed E-state index contributed by atoms with van der Waals surface area (Å²) in [6.45, 7) is 0.754. The molecule has 1 amide bonds. The number of benzene rings is 1. The summed E-state index contributed by atoms with van der Waals surface area (Å²) in [6.07, 6.45) is 0. The fourth-order valence-electron chi connectivity index (χ4n) is 1.81. The zero-order valence-corrected chi connectivity index (χ0v) is 9.38. The van der Waals surface area contributed by atoms with Crippen molar-refractivity contribution in [1.29, 1.82) is 0 Å². The molecule has 1 aromatic carbocycles. The fraction of sp³-hybridized carbons (Fsp3) is 0.364. The maximum atomic E-state index is 13.6. The number of hydrogen-bond donors (Lipinski definition) is 1. The Kier molecular flexibility index (Phi) is 3.24. The van der Waals surface area contributed by atoms with Gasteiger partial charge in [0.1, 0.15) is 5.82 Å². The second-order valence-corrected chi connectivity index (χ2v) is 4.18. The van der Waals surface area contributed by atoms with E-state index in [2.05, 4.69) is 0 Å². The number of likely N-dealkylation sites (tertiary alicyclic amines) is 1. The Balaban J connectivity index is 2.14. The molecule has 0 unspecified atom stereocenters. The van der Waals surface area contributed by atoms with Crippen LogP contribution in [0.1, 0.15) is 10.4 Å². The van der Waals surface area contributed by atoms with Crippen molar-refractivity contribution in [3.05, 3.63) is 39.7 Å². The molecule has 0 aromatic heterocycles. The first-order chi connectivity index (χ1) is 8.52. The number of amides is 1. The van der Waals surface area contributed by atoms with Crippen molar-refractivity contribution in [2.24, 2.45) is 5.92 Å². The van der Waals surface area contributed by atoms with E-state index in [-0.39, 0.29) is 23.8 Å². The average Bonchev–Trinajstić information content (AvgIpc) is 2.27. The summed E-state index contributed by atoms with van der Waals surface area (Å²) >= 11 is 0. The van der Waals surface area contributed by atoms with Gasteiger partial charge in [0.25, 0.3) is 11.6 Å². The van der Waals surface area contributed by atoms with Crippen molar-refractivity contribution in [2.45, 2.75) is 0 Å². The lowest BCUT2D eigenvalue weighted by atomic mass is 10.00. The first-order valence-corrected chi connectivity index (χ1v) is 5.37. The van der Waals surface area contributed by atoms with Gasteiger partial charge in [0, 0.05) is 31.7 Å². The van der Waals surface area contributed by atoms with E-state index in [9.17, 15) is 19.3 Å². The van der Waals surface area contributed by atoms with E-state index in [4.69, 9.17) is 5.11 Å². The number of nitrogens with zero attached hydrogens (tertiary/aromatic N) is 2.